The molecule has 0 radical (unpaired) electrons. The van der Waals surface area contributed by atoms with Crippen LogP contribution in [0.25, 0.3) is 0 Å². The Labute approximate surface area is 98.4 Å². The molecule has 0 saturated carbocycles. The number of halogens is 1. The van der Waals surface area contributed by atoms with Crippen LogP contribution in [0.2, 0.25) is 0 Å². The monoisotopic (exact) mass is 247 g/mol. The molecule has 1 atom stereocenters. The second kappa shape index (κ2) is 6.82. The molecule has 0 spiro atoms. The zero-order valence-corrected chi connectivity index (χ0v) is 10.1. The summed E-state index contributed by atoms with van der Waals surface area (Å²) >= 11 is 7.45. The number of methoxy groups -OCH3 is 1. The molecular weight excluding hydrogens is 234 g/mol. The number of ether oxygens (including phenoxy) is 1. The SMILES string of the molecule is COCC(Cl)CNC(=O)Cc1cccs1. The van der Waals surface area contributed by atoms with Crippen molar-refractivity contribution in [1.82, 2.24) is 5.32 Å². The van der Waals surface area contributed by atoms with E-state index in [0.29, 0.717) is 19.6 Å². The predicted molar refractivity (Wildman–Crippen MR) is 62.5 cm³/mol. The molecule has 0 aliphatic rings. The molecule has 1 unspecified atom stereocenters. The first-order chi connectivity index (χ1) is 7.22. The van der Waals surface area contributed by atoms with Crippen LogP contribution in [0.3, 0.4) is 0 Å². The van der Waals surface area contributed by atoms with Gasteiger partial charge >= 0.3 is 0 Å². The quantitative estimate of drug-likeness (QED) is 0.777. The summed E-state index contributed by atoms with van der Waals surface area (Å²) in [5.41, 5.74) is 0. The Morgan fingerprint density at radius 1 is 1.73 bits per heavy atom. The smallest absolute Gasteiger partial charge is 0.225 e. The van der Waals surface area contributed by atoms with E-state index in [-0.39, 0.29) is 11.3 Å². The highest BCUT2D eigenvalue weighted by atomic mass is 35.5. The van der Waals surface area contributed by atoms with Crippen molar-refractivity contribution in [3.8, 4) is 0 Å². The van der Waals surface area contributed by atoms with E-state index in [1.54, 1.807) is 18.4 Å². The lowest BCUT2D eigenvalue weighted by Gasteiger charge is -2.09. The summed E-state index contributed by atoms with van der Waals surface area (Å²) < 4.78 is 4.86. The largest absolute Gasteiger partial charge is 0.383 e. The van der Waals surface area contributed by atoms with Crippen LogP contribution in [-0.2, 0) is 16.0 Å². The number of nitrogens with one attached hydrogen (secondary N) is 1. The summed E-state index contributed by atoms with van der Waals surface area (Å²) in [4.78, 5) is 12.5. The van der Waals surface area contributed by atoms with Gasteiger partial charge in [-0.25, -0.2) is 0 Å². The Morgan fingerprint density at radius 2 is 2.53 bits per heavy atom. The maximum Gasteiger partial charge on any atom is 0.225 e. The zero-order chi connectivity index (χ0) is 11.1. The molecule has 0 aromatic carbocycles. The number of carbonyl (C=O) groups is 1. The zero-order valence-electron chi connectivity index (χ0n) is 8.53. The van der Waals surface area contributed by atoms with Gasteiger partial charge in [0.05, 0.1) is 18.4 Å². The third-order valence-corrected chi connectivity index (χ3v) is 2.94. The van der Waals surface area contributed by atoms with Gasteiger partial charge in [0.25, 0.3) is 0 Å². The Bertz CT molecular complexity index is 290. The Kier molecular flexibility index (Phi) is 5.68. The highest BCUT2D eigenvalue weighted by Gasteiger charge is 2.07. The Balaban J connectivity index is 2.19. The minimum atomic E-state index is -0.165. The van der Waals surface area contributed by atoms with Gasteiger partial charge in [0.15, 0.2) is 0 Å². The van der Waals surface area contributed by atoms with Crippen LogP contribution in [0, 0.1) is 0 Å². The molecule has 15 heavy (non-hydrogen) atoms. The van der Waals surface area contributed by atoms with Crippen molar-refractivity contribution in [2.45, 2.75) is 11.8 Å². The van der Waals surface area contributed by atoms with Crippen molar-refractivity contribution >= 4 is 28.8 Å². The van der Waals surface area contributed by atoms with Gasteiger partial charge < -0.3 is 10.1 Å². The van der Waals surface area contributed by atoms with Crippen LogP contribution < -0.4 is 5.32 Å². The fraction of sp³-hybridized carbons (Fsp3) is 0.500. The molecule has 0 saturated heterocycles. The topological polar surface area (TPSA) is 38.3 Å². The minimum Gasteiger partial charge on any atom is -0.383 e. The maximum absolute atomic E-state index is 11.4. The first-order valence-corrected chi connectivity index (χ1v) is 5.96. The third kappa shape index (κ3) is 5.16. The molecule has 84 valence electrons. The lowest BCUT2D eigenvalue weighted by atomic mass is 10.3. The number of hydrogen-bond donors (Lipinski definition) is 1. The van der Waals surface area contributed by atoms with Gasteiger partial charge in [-0.3, -0.25) is 4.79 Å². The average molecular weight is 248 g/mol. The summed E-state index contributed by atoms with van der Waals surface area (Å²) in [6.07, 6.45) is 0.425. The van der Waals surface area contributed by atoms with Gasteiger partial charge in [-0.1, -0.05) is 6.07 Å². The molecule has 0 aliphatic carbocycles. The van der Waals surface area contributed by atoms with E-state index in [9.17, 15) is 4.79 Å². The van der Waals surface area contributed by atoms with Crippen molar-refractivity contribution in [2.75, 3.05) is 20.3 Å². The molecule has 0 aliphatic heterocycles. The van der Waals surface area contributed by atoms with Crippen LogP contribution in [0.5, 0.6) is 0 Å². The number of rotatable bonds is 6. The third-order valence-electron chi connectivity index (χ3n) is 1.78. The van der Waals surface area contributed by atoms with E-state index in [1.165, 1.54) is 0 Å². The fourth-order valence-corrected chi connectivity index (χ4v) is 2.00. The Morgan fingerprint density at radius 3 is 3.13 bits per heavy atom. The summed E-state index contributed by atoms with van der Waals surface area (Å²) in [5.74, 6) is -0.000738. The van der Waals surface area contributed by atoms with E-state index in [2.05, 4.69) is 5.32 Å². The van der Waals surface area contributed by atoms with E-state index in [4.69, 9.17) is 16.3 Å². The second-order valence-electron chi connectivity index (χ2n) is 3.11. The maximum atomic E-state index is 11.4. The van der Waals surface area contributed by atoms with Gasteiger partial charge in [-0.05, 0) is 11.4 Å². The molecule has 1 N–H and O–H groups in total. The van der Waals surface area contributed by atoms with Crippen molar-refractivity contribution in [1.29, 1.82) is 0 Å². The predicted octanol–water partition coefficient (Wildman–Crippen LogP) is 1.66. The number of hydrogen-bond acceptors (Lipinski definition) is 3. The van der Waals surface area contributed by atoms with Crippen LogP contribution in [-0.4, -0.2) is 31.5 Å². The van der Waals surface area contributed by atoms with Gasteiger partial charge in [-0.15, -0.1) is 22.9 Å². The van der Waals surface area contributed by atoms with Crippen LogP contribution >= 0.6 is 22.9 Å². The summed E-state index contributed by atoms with van der Waals surface area (Å²) in [6, 6.07) is 3.88. The van der Waals surface area contributed by atoms with Gasteiger partial charge in [0.1, 0.15) is 0 Å². The molecule has 1 heterocycles. The molecule has 1 aromatic heterocycles. The average Bonchev–Trinajstić information content (AvgIpc) is 2.68. The molecule has 1 rings (SSSR count). The first kappa shape index (κ1) is 12.5. The second-order valence-corrected chi connectivity index (χ2v) is 4.76. The van der Waals surface area contributed by atoms with Gasteiger partial charge in [-0.2, -0.15) is 0 Å². The van der Waals surface area contributed by atoms with Crippen molar-refractivity contribution in [3.63, 3.8) is 0 Å². The standard InChI is InChI=1S/C10H14ClNO2S/c1-14-7-8(11)6-12-10(13)5-9-3-2-4-15-9/h2-4,8H,5-7H2,1H3,(H,12,13). The Hall–Kier alpha value is -0.580. The van der Waals surface area contributed by atoms with E-state index < -0.39 is 0 Å². The molecule has 5 heteroatoms. The van der Waals surface area contributed by atoms with Crippen molar-refractivity contribution in [3.05, 3.63) is 22.4 Å². The summed E-state index contributed by atoms with van der Waals surface area (Å²) in [6.45, 7) is 0.889. The number of thiophene rings is 1. The van der Waals surface area contributed by atoms with Crippen molar-refractivity contribution < 1.29 is 9.53 Å². The van der Waals surface area contributed by atoms with Crippen LogP contribution in [0.1, 0.15) is 4.88 Å². The normalized spacial score (nSPS) is 12.4. The van der Waals surface area contributed by atoms with E-state index in [0.717, 1.165) is 4.88 Å². The first-order valence-electron chi connectivity index (χ1n) is 4.64. The van der Waals surface area contributed by atoms with E-state index in [1.807, 2.05) is 17.5 Å². The molecular formula is C10H14ClNO2S. The summed E-state index contributed by atoms with van der Waals surface area (Å²) in [5, 5.41) is 4.55. The summed E-state index contributed by atoms with van der Waals surface area (Å²) in [7, 11) is 1.59. The molecule has 1 amide bonds. The lowest BCUT2D eigenvalue weighted by molar-refractivity contribution is -0.120. The number of carbonyl (C=O) groups excluding carboxylic acids is 1. The highest BCUT2D eigenvalue weighted by Crippen LogP contribution is 2.08. The molecule has 0 bridgehead atoms. The van der Waals surface area contributed by atoms with E-state index >= 15 is 0 Å². The molecule has 0 fully saturated rings. The van der Waals surface area contributed by atoms with Gasteiger partial charge in [0, 0.05) is 18.5 Å². The van der Waals surface area contributed by atoms with Gasteiger partial charge in [0.2, 0.25) is 5.91 Å². The van der Waals surface area contributed by atoms with Crippen molar-refractivity contribution in [2.24, 2.45) is 0 Å². The molecule has 3 nitrogen and oxygen atoms in total. The van der Waals surface area contributed by atoms with Crippen LogP contribution in [0.15, 0.2) is 17.5 Å². The fourth-order valence-electron chi connectivity index (χ4n) is 1.10. The number of alkyl halides is 1. The molecule has 1 aromatic rings. The minimum absolute atomic E-state index is 0.000738. The highest BCUT2D eigenvalue weighted by molar-refractivity contribution is 7.10. The van der Waals surface area contributed by atoms with Crippen LogP contribution in [0.4, 0.5) is 0 Å². The lowest BCUT2D eigenvalue weighted by Crippen LogP contribution is -2.32. The number of amides is 1.